The molecular formula is C17H20F3N3O3. The van der Waals surface area contributed by atoms with Crippen molar-refractivity contribution in [1.82, 2.24) is 10.2 Å². The molecule has 0 aromatic heterocycles. The van der Waals surface area contributed by atoms with Crippen LogP contribution in [0.15, 0.2) is 24.3 Å². The normalized spacial score (nSPS) is 15.0. The summed E-state index contributed by atoms with van der Waals surface area (Å²) < 4.78 is 36.6. The zero-order chi connectivity index (χ0) is 19.3. The summed E-state index contributed by atoms with van der Waals surface area (Å²) in [4.78, 5) is 37.6. The number of nitrogens with one attached hydrogen (secondary N) is 1. The van der Waals surface area contributed by atoms with E-state index in [1.807, 2.05) is 0 Å². The van der Waals surface area contributed by atoms with Gasteiger partial charge in [-0.3, -0.25) is 24.2 Å². The highest BCUT2D eigenvalue weighted by Gasteiger charge is 2.30. The summed E-state index contributed by atoms with van der Waals surface area (Å²) in [5, 5.41) is 2.63. The molecule has 1 N–H and O–H groups in total. The summed E-state index contributed by atoms with van der Waals surface area (Å²) in [6.07, 6.45) is -3.49. The van der Waals surface area contributed by atoms with Crippen LogP contribution >= 0.6 is 0 Å². The topological polar surface area (TPSA) is 69.7 Å². The van der Waals surface area contributed by atoms with Gasteiger partial charge >= 0.3 is 6.18 Å². The van der Waals surface area contributed by atoms with Crippen LogP contribution in [0.4, 0.5) is 18.9 Å². The second kappa shape index (κ2) is 8.31. The average molecular weight is 371 g/mol. The minimum Gasteiger partial charge on any atom is -0.352 e. The predicted molar refractivity (Wildman–Crippen MR) is 88.7 cm³/mol. The number of hydrogen-bond donors (Lipinski definition) is 1. The quantitative estimate of drug-likeness (QED) is 0.588. The number of hydrogen-bond acceptors (Lipinski definition) is 4. The molecule has 6 nitrogen and oxygen atoms in total. The lowest BCUT2D eigenvalue weighted by atomic mass is 10.2. The van der Waals surface area contributed by atoms with Crippen LogP contribution in [0.1, 0.15) is 29.6 Å². The van der Waals surface area contributed by atoms with Crippen LogP contribution in [-0.2, 0) is 9.59 Å². The molecule has 1 heterocycles. The van der Waals surface area contributed by atoms with Gasteiger partial charge < -0.3 is 5.32 Å². The second-order valence-electron chi connectivity index (χ2n) is 6.13. The maximum Gasteiger partial charge on any atom is 0.401 e. The highest BCUT2D eigenvalue weighted by atomic mass is 19.4. The van der Waals surface area contributed by atoms with Crippen molar-refractivity contribution in [3.63, 3.8) is 0 Å². The molecule has 9 heteroatoms. The highest BCUT2D eigenvalue weighted by molar-refractivity contribution is 6.19. The standard InChI is InChI=1S/C17H20F3N3O3/c1-22(11-17(18,19)20)10-2-9-21-16(26)12-3-5-13(6-4-12)23-14(24)7-8-15(23)25/h3-6H,2,7-11H2,1H3,(H,21,26). The number of imide groups is 1. The fourth-order valence-electron chi connectivity index (χ4n) is 2.66. The summed E-state index contributed by atoms with van der Waals surface area (Å²) in [7, 11) is 1.37. The molecule has 0 saturated carbocycles. The lowest BCUT2D eigenvalue weighted by molar-refractivity contribution is -0.143. The third kappa shape index (κ3) is 5.55. The fraction of sp³-hybridized carbons (Fsp3) is 0.471. The van der Waals surface area contributed by atoms with Crippen LogP contribution in [0.3, 0.4) is 0 Å². The number of rotatable bonds is 7. The molecular weight excluding hydrogens is 351 g/mol. The number of carbonyl (C=O) groups excluding carboxylic acids is 3. The number of nitrogens with zero attached hydrogens (tertiary/aromatic N) is 2. The van der Waals surface area contributed by atoms with E-state index in [2.05, 4.69) is 5.32 Å². The number of alkyl halides is 3. The highest BCUT2D eigenvalue weighted by Crippen LogP contribution is 2.22. The van der Waals surface area contributed by atoms with Gasteiger partial charge in [-0.2, -0.15) is 13.2 Å². The molecule has 0 radical (unpaired) electrons. The van der Waals surface area contributed by atoms with Crippen molar-refractivity contribution >= 4 is 23.4 Å². The van der Waals surface area contributed by atoms with Gasteiger partial charge in [0, 0.05) is 24.9 Å². The number of halogens is 3. The molecule has 1 fully saturated rings. The summed E-state index contributed by atoms with van der Waals surface area (Å²) in [5.41, 5.74) is 0.763. The third-order valence-electron chi connectivity index (χ3n) is 3.89. The first kappa shape index (κ1) is 19.9. The molecule has 0 aliphatic carbocycles. The second-order valence-corrected chi connectivity index (χ2v) is 6.13. The molecule has 1 aromatic rings. The molecule has 1 saturated heterocycles. The van der Waals surface area contributed by atoms with Crippen LogP contribution in [-0.4, -0.2) is 55.5 Å². The summed E-state index contributed by atoms with van der Waals surface area (Å²) in [6, 6.07) is 6.04. The fourth-order valence-corrected chi connectivity index (χ4v) is 2.66. The molecule has 1 aliphatic heterocycles. The summed E-state index contributed by atoms with van der Waals surface area (Å²) >= 11 is 0. The monoisotopic (exact) mass is 371 g/mol. The smallest absolute Gasteiger partial charge is 0.352 e. The Morgan fingerprint density at radius 2 is 1.73 bits per heavy atom. The first-order valence-corrected chi connectivity index (χ1v) is 8.17. The van der Waals surface area contributed by atoms with Crippen LogP contribution in [0, 0.1) is 0 Å². The van der Waals surface area contributed by atoms with Crippen molar-refractivity contribution in [3.8, 4) is 0 Å². The van der Waals surface area contributed by atoms with Crippen molar-refractivity contribution in [1.29, 1.82) is 0 Å². The van der Waals surface area contributed by atoms with Gasteiger partial charge in [0.1, 0.15) is 0 Å². The van der Waals surface area contributed by atoms with E-state index in [-0.39, 0.29) is 43.7 Å². The van der Waals surface area contributed by atoms with Gasteiger partial charge in [-0.25, -0.2) is 0 Å². The van der Waals surface area contributed by atoms with Gasteiger partial charge in [-0.05, 0) is 44.3 Å². The third-order valence-corrected chi connectivity index (χ3v) is 3.89. The molecule has 1 aliphatic rings. The Kier molecular flexibility index (Phi) is 6.36. The molecule has 0 bridgehead atoms. The molecule has 1 aromatic carbocycles. The Morgan fingerprint density at radius 1 is 1.15 bits per heavy atom. The molecule has 3 amide bonds. The molecule has 142 valence electrons. The molecule has 0 atom stereocenters. The van der Waals surface area contributed by atoms with Gasteiger partial charge in [-0.1, -0.05) is 0 Å². The van der Waals surface area contributed by atoms with Crippen molar-refractivity contribution in [2.24, 2.45) is 0 Å². The average Bonchev–Trinajstić information content (AvgIpc) is 2.89. The Bertz CT molecular complexity index is 658. The van der Waals surface area contributed by atoms with E-state index < -0.39 is 12.7 Å². The SMILES string of the molecule is CN(CCCNC(=O)c1ccc(N2C(=O)CCC2=O)cc1)CC(F)(F)F. The molecule has 0 spiro atoms. The van der Waals surface area contributed by atoms with Crippen LogP contribution in [0.2, 0.25) is 0 Å². The molecule has 0 unspecified atom stereocenters. The predicted octanol–water partition coefficient (Wildman–Crippen LogP) is 1.95. The van der Waals surface area contributed by atoms with Crippen molar-refractivity contribution in [3.05, 3.63) is 29.8 Å². The van der Waals surface area contributed by atoms with Crippen LogP contribution in [0.5, 0.6) is 0 Å². The lowest BCUT2D eigenvalue weighted by Crippen LogP contribution is -2.33. The molecule has 2 rings (SSSR count). The Hall–Kier alpha value is -2.42. The largest absolute Gasteiger partial charge is 0.401 e. The maximum absolute atomic E-state index is 12.2. The van der Waals surface area contributed by atoms with E-state index in [1.54, 1.807) is 0 Å². The molecule has 26 heavy (non-hydrogen) atoms. The maximum atomic E-state index is 12.2. The minimum atomic E-state index is -4.24. The number of amides is 3. The first-order chi connectivity index (χ1) is 12.2. The van der Waals surface area contributed by atoms with Crippen molar-refractivity contribution in [2.45, 2.75) is 25.4 Å². The number of anilines is 1. The Morgan fingerprint density at radius 3 is 2.27 bits per heavy atom. The zero-order valence-electron chi connectivity index (χ0n) is 14.3. The summed E-state index contributed by atoms with van der Waals surface area (Å²) in [6.45, 7) is -0.542. The van der Waals surface area contributed by atoms with E-state index in [0.717, 1.165) is 9.80 Å². The summed E-state index contributed by atoms with van der Waals surface area (Å²) in [5.74, 6) is -0.903. The first-order valence-electron chi connectivity index (χ1n) is 8.17. The van der Waals surface area contributed by atoms with Crippen molar-refractivity contribution in [2.75, 3.05) is 31.6 Å². The van der Waals surface area contributed by atoms with E-state index >= 15 is 0 Å². The van der Waals surface area contributed by atoms with E-state index in [4.69, 9.17) is 0 Å². The Balaban J connectivity index is 1.79. The minimum absolute atomic E-state index is 0.184. The van der Waals surface area contributed by atoms with Gasteiger partial charge in [0.25, 0.3) is 5.91 Å². The number of carbonyl (C=O) groups is 3. The lowest BCUT2D eigenvalue weighted by Gasteiger charge is -2.18. The number of benzene rings is 1. The van der Waals surface area contributed by atoms with E-state index in [0.29, 0.717) is 17.7 Å². The Labute approximate surface area is 148 Å². The van der Waals surface area contributed by atoms with E-state index in [1.165, 1.54) is 31.3 Å². The van der Waals surface area contributed by atoms with Crippen LogP contribution < -0.4 is 10.2 Å². The zero-order valence-corrected chi connectivity index (χ0v) is 14.3. The van der Waals surface area contributed by atoms with Crippen molar-refractivity contribution < 1.29 is 27.6 Å². The van der Waals surface area contributed by atoms with Gasteiger partial charge in [-0.15, -0.1) is 0 Å². The van der Waals surface area contributed by atoms with Crippen LogP contribution in [0.25, 0.3) is 0 Å². The van der Waals surface area contributed by atoms with Gasteiger partial charge in [0.2, 0.25) is 11.8 Å². The van der Waals surface area contributed by atoms with E-state index in [9.17, 15) is 27.6 Å². The van der Waals surface area contributed by atoms with Gasteiger partial charge in [0.05, 0.1) is 12.2 Å². The van der Waals surface area contributed by atoms with Gasteiger partial charge in [0.15, 0.2) is 0 Å².